The molecule has 2 atom stereocenters. The number of hydrogen-bond donors (Lipinski definition) is 3. The lowest BCUT2D eigenvalue weighted by molar-refractivity contribution is -0.119. The Hall–Kier alpha value is -1.78. The predicted octanol–water partition coefficient (Wildman–Crippen LogP) is -0.193. The third-order valence-corrected chi connectivity index (χ3v) is 4.18. The van der Waals surface area contributed by atoms with Crippen molar-refractivity contribution in [1.29, 1.82) is 0 Å². The van der Waals surface area contributed by atoms with Crippen molar-refractivity contribution < 1.29 is 19.3 Å². The van der Waals surface area contributed by atoms with Gasteiger partial charge in [0.05, 0.1) is 5.94 Å². The fourth-order valence-corrected chi connectivity index (χ4v) is 3.00. The number of carbonyl (C=O) groups excluding carboxylic acids is 2. The Morgan fingerprint density at radius 3 is 2.87 bits per heavy atom. The normalized spacial score (nSPS) is 22.0. The van der Waals surface area contributed by atoms with Gasteiger partial charge in [0, 0.05) is 25.0 Å². The van der Waals surface area contributed by atoms with Crippen molar-refractivity contribution in [3.8, 4) is 0 Å². The van der Waals surface area contributed by atoms with Gasteiger partial charge in [-0.2, -0.15) is 0 Å². The van der Waals surface area contributed by atoms with Crippen molar-refractivity contribution in [1.82, 2.24) is 10.3 Å². The molecule has 1 amide bonds. The molecule has 1 fully saturated rings. The molecule has 1 aliphatic rings. The number of carbonyl (C=O) groups is 2. The van der Waals surface area contributed by atoms with Crippen molar-refractivity contribution in [2.24, 2.45) is 4.99 Å². The summed E-state index contributed by atoms with van der Waals surface area (Å²) >= 11 is 1.22. The smallest absolute Gasteiger partial charge is 0.426 e. The third-order valence-electron chi connectivity index (χ3n) is 3.51. The lowest BCUT2D eigenvalue weighted by atomic mass is 9.72. The molecule has 0 bridgehead atoms. The molecule has 23 heavy (non-hydrogen) atoms. The fourth-order valence-electron chi connectivity index (χ4n) is 2.45. The van der Waals surface area contributed by atoms with Gasteiger partial charge < -0.3 is 20.7 Å². The number of ketones is 1. The largest absolute Gasteiger partial charge is 0.478 e. The standard InChI is InChI=1S/C13H19BN4O4S/c1-7(19)5-8-3-4-10(14(21)22-8)18-12(20)11(16-2)9-6-23-13(15)17-9/h6,8,10,21H,3-5H2,1-2H3,(H2,15,17)(H,18,20)/b16-11+/t8-,10-/m0/s1. The van der Waals surface area contributed by atoms with Crippen molar-refractivity contribution in [2.45, 2.75) is 38.2 Å². The summed E-state index contributed by atoms with van der Waals surface area (Å²) in [7, 11) is 0.330. The van der Waals surface area contributed by atoms with Gasteiger partial charge in [-0.05, 0) is 19.8 Å². The third kappa shape index (κ3) is 4.60. The SMILES string of the molecule is C/N=C(/C(=O)N[C@H]1CC[C@@H](CC(C)=O)OB1O)c1csc(N)n1. The first-order chi connectivity index (χ1) is 10.9. The second kappa shape index (κ2) is 7.67. The Bertz CT molecular complexity index is 621. The summed E-state index contributed by atoms with van der Waals surface area (Å²) in [5, 5.41) is 14.7. The quantitative estimate of drug-likeness (QED) is 0.504. The van der Waals surface area contributed by atoms with Crippen LogP contribution < -0.4 is 11.1 Å². The van der Waals surface area contributed by atoms with Crippen LogP contribution >= 0.6 is 11.3 Å². The highest BCUT2D eigenvalue weighted by molar-refractivity contribution is 7.13. The minimum atomic E-state index is -1.16. The van der Waals surface area contributed by atoms with Crippen LogP contribution in [-0.4, -0.2) is 53.6 Å². The molecule has 8 nitrogen and oxygen atoms in total. The Morgan fingerprint density at radius 2 is 2.35 bits per heavy atom. The molecule has 0 unspecified atom stereocenters. The number of aromatic nitrogens is 1. The molecule has 0 aliphatic carbocycles. The molecule has 10 heteroatoms. The van der Waals surface area contributed by atoms with Crippen LogP contribution in [0.5, 0.6) is 0 Å². The molecular formula is C13H19BN4O4S. The summed E-state index contributed by atoms with van der Waals surface area (Å²) in [6, 6.07) is 0. The average molecular weight is 338 g/mol. The molecule has 0 aromatic carbocycles. The molecule has 0 spiro atoms. The molecule has 1 aromatic heterocycles. The van der Waals surface area contributed by atoms with Crippen molar-refractivity contribution in [2.75, 3.05) is 12.8 Å². The van der Waals surface area contributed by atoms with Gasteiger partial charge in [-0.3, -0.25) is 14.6 Å². The summed E-state index contributed by atoms with van der Waals surface area (Å²) < 4.78 is 5.38. The fraction of sp³-hybridized carbons (Fsp3) is 0.538. The van der Waals surface area contributed by atoms with E-state index in [1.54, 1.807) is 5.38 Å². The van der Waals surface area contributed by atoms with E-state index in [-0.39, 0.29) is 24.0 Å². The monoisotopic (exact) mass is 338 g/mol. The number of aliphatic imine (C=N–C) groups is 1. The van der Waals surface area contributed by atoms with Crippen LogP contribution in [-0.2, 0) is 14.2 Å². The summed E-state index contributed by atoms with van der Waals surface area (Å²) in [4.78, 5) is 31.4. The molecule has 1 aromatic rings. The maximum atomic E-state index is 12.3. The summed E-state index contributed by atoms with van der Waals surface area (Å²) in [6.07, 6.45) is 1.05. The molecular weight excluding hydrogens is 319 g/mol. The summed E-state index contributed by atoms with van der Waals surface area (Å²) in [6.45, 7) is 1.48. The van der Waals surface area contributed by atoms with E-state index in [1.807, 2.05) is 0 Å². The predicted molar refractivity (Wildman–Crippen MR) is 88.3 cm³/mol. The first kappa shape index (κ1) is 17.6. The molecule has 124 valence electrons. The van der Waals surface area contributed by atoms with Crippen LogP contribution in [0.3, 0.4) is 0 Å². The van der Waals surface area contributed by atoms with E-state index in [0.29, 0.717) is 23.7 Å². The second-order valence-corrected chi connectivity index (χ2v) is 6.24. The van der Waals surface area contributed by atoms with E-state index in [2.05, 4.69) is 15.3 Å². The summed E-state index contributed by atoms with van der Waals surface area (Å²) in [5.41, 5.74) is 6.11. The maximum Gasteiger partial charge on any atom is 0.478 e. The van der Waals surface area contributed by atoms with E-state index in [9.17, 15) is 14.6 Å². The Kier molecular flexibility index (Phi) is 5.86. The zero-order valence-corrected chi connectivity index (χ0v) is 13.8. The Balaban J connectivity index is 1.96. The number of thiazole rings is 1. The van der Waals surface area contributed by atoms with Crippen LogP contribution in [0.2, 0.25) is 0 Å². The Labute approximate surface area is 138 Å². The van der Waals surface area contributed by atoms with Gasteiger partial charge in [-0.25, -0.2) is 4.98 Å². The number of nitrogen functional groups attached to an aromatic ring is 1. The minimum absolute atomic E-state index is 0.00575. The first-order valence-electron chi connectivity index (χ1n) is 7.22. The number of nitrogens with zero attached hydrogens (tertiary/aromatic N) is 2. The first-order valence-corrected chi connectivity index (χ1v) is 8.10. The zero-order chi connectivity index (χ0) is 17.0. The highest BCUT2D eigenvalue weighted by Crippen LogP contribution is 2.19. The lowest BCUT2D eigenvalue weighted by Gasteiger charge is -2.31. The van der Waals surface area contributed by atoms with Gasteiger partial charge in [-0.1, -0.05) is 0 Å². The van der Waals surface area contributed by atoms with E-state index >= 15 is 0 Å². The van der Waals surface area contributed by atoms with E-state index in [0.717, 1.165) is 0 Å². The minimum Gasteiger partial charge on any atom is -0.426 e. The van der Waals surface area contributed by atoms with Crippen molar-refractivity contribution >= 4 is 41.0 Å². The highest BCUT2D eigenvalue weighted by Gasteiger charge is 2.37. The van der Waals surface area contributed by atoms with Crippen LogP contribution in [0.15, 0.2) is 10.4 Å². The van der Waals surface area contributed by atoms with Gasteiger partial charge in [-0.15, -0.1) is 11.3 Å². The van der Waals surface area contributed by atoms with Gasteiger partial charge in [0.25, 0.3) is 5.91 Å². The van der Waals surface area contributed by atoms with Crippen LogP contribution in [0.4, 0.5) is 5.13 Å². The molecule has 2 heterocycles. The molecule has 1 saturated heterocycles. The molecule has 1 aliphatic heterocycles. The molecule has 0 saturated carbocycles. The topological polar surface area (TPSA) is 127 Å². The molecule has 4 N–H and O–H groups in total. The maximum absolute atomic E-state index is 12.3. The number of nitrogens with one attached hydrogen (secondary N) is 1. The van der Waals surface area contributed by atoms with E-state index in [4.69, 9.17) is 10.4 Å². The van der Waals surface area contributed by atoms with Gasteiger partial charge in [0.1, 0.15) is 17.2 Å². The van der Waals surface area contributed by atoms with Crippen molar-refractivity contribution in [3.63, 3.8) is 0 Å². The number of rotatable bonds is 5. The van der Waals surface area contributed by atoms with Gasteiger partial charge in [0.15, 0.2) is 5.13 Å². The van der Waals surface area contributed by atoms with E-state index < -0.39 is 19.0 Å². The number of nitrogens with two attached hydrogens (primary N) is 1. The number of hydrogen-bond acceptors (Lipinski definition) is 8. The molecule has 2 rings (SSSR count). The zero-order valence-electron chi connectivity index (χ0n) is 13.0. The molecule has 0 radical (unpaired) electrons. The van der Waals surface area contributed by atoms with Crippen LogP contribution in [0.1, 0.15) is 31.9 Å². The van der Waals surface area contributed by atoms with Gasteiger partial charge >= 0.3 is 7.12 Å². The average Bonchev–Trinajstić information content (AvgIpc) is 2.88. The summed E-state index contributed by atoms with van der Waals surface area (Å²) in [5.74, 6) is -1.000. The Morgan fingerprint density at radius 1 is 1.61 bits per heavy atom. The van der Waals surface area contributed by atoms with Gasteiger partial charge in [0.2, 0.25) is 0 Å². The number of Topliss-reactive ketones (excluding diaryl/α,β-unsaturated/α-hetero) is 1. The highest BCUT2D eigenvalue weighted by atomic mass is 32.1. The van der Waals surface area contributed by atoms with E-state index in [1.165, 1.54) is 25.3 Å². The van der Waals surface area contributed by atoms with Crippen molar-refractivity contribution in [3.05, 3.63) is 11.1 Å². The number of anilines is 1. The van der Waals surface area contributed by atoms with Crippen LogP contribution in [0, 0.1) is 0 Å². The second-order valence-electron chi connectivity index (χ2n) is 5.36. The lowest BCUT2D eigenvalue weighted by Crippen LogP contribution is -2.54. The number of amides is 1. The van der Waals surface area contributed by atoms with Crippen LogP contribution in [0.25, 0.3) is 0 Å².